The highest BCUT2D eigenvalue weighted by Crippen LogP contribution is 2.17. The zero-order valence-corrected chi connectivity index (χ0v) is 10.8. The number of hydrogen-bond donors (Lipinski definition) is 1. The van der Waals surface area contributed by atoms with Crippen molar-refractivity contribution in [3.05, 3.63) is 30.0 Å². The summed E-state index contributed by atoms with van der Waals surface area (Å²) in [5.41, 5.74) is 1.22. The first-order valence-electron chi connectivity index (χ1n) is 5.88. The summed E-state index contributed by atoms with van der Waals surface area (Å²) in [5.74, 6) is -0.410. The summed E-state index contributed by atoms with van der Waals surface area (Å²) in [6.07, 6.45) is 0.0950. The molecule has 0 unspecified atom stereocenters. The van der Waals surface area contributed by atoms with E-state index in [1.165, 1.54) is 4.90 Å². The zero-order valence-electron chi connectivity index (χ0n) is 10.8. The molecule has 2 aromatic rings. The second-order valence-corrected chi connectivity index (χ2v) is 4.37. The van der Waals surface area contributed by atoms with Crippen LogP contribution >= 0.6 is 0 Å². The average Bonchev–Trinajstić information content (AvgIpc) is 2.79. The number of likely N-dealkylation sites (N-methyl/N-ethyl adjacent to an activating group) is 1. The number of carbonyl (C=O) groups is 2. The topological polar surface area (TPSA) is 75.4 Å². The van der Waals surface area contributed by atoms with Crippen molar-refractivity contribution in [2.75, 3.05) is 20.6 Å². The summed E-state index contributed by atoms with van der Waals surface area (Å²) in [4.78, 5) is 24.5. The van der Waals surface area contributed by atoms with Crippen LogP contribution in [-0.2, 0) is 16.0 Å². The Hall–Kier alpha value is -2.37. The van der Waals surface area contributed by atoms with Crippen molar-refractivity contribution in [1.82, 2.24) is 15.4 Å². The van der Waals surface area contributed by atoms with E-state index < -0.39 is 0 Å². The minimum Gasteiger partial charge on any atom is -0.356 e. The summed E-state index contributed by atoms with van der Waals surface area (Å²) in [6, 6.07) is 7.34. The Kier molecular flexibility index (Phi) is 3.79. The maximum atomic E-state index is 11.7. The summed E-state index contributed by atoms with van der Waals surface area (Å²) in [5, 5.41) is 7.24. The fourth-order valence-corrected chi connectivity index (χ4v) is 1.61. The average molecular weight is 261 g/mol. The van der Waals surface area contributed by atoms with Gasteiger partial charge in [0.15, 0.2) is 5.58 Å². The van der Waals surface area contributed by atoms with Gasteiger partial charge in [0.2, 0.25) is 11.8 Å². The molecule has 1 aromatic carbocycles. The van der Waals surface area contributed by atoms with E-state index in [0.29, 0.717) is 11.3 Å². The van der Waals surface area contributed by atoms with Crippen molar-refractivity contribution in [1.29, 1.82) is 0 Å². The van der Waals surface area contributed by atoms with Crippen LogP contribution in [-0.4, -0.2) is 42.5 Å². The Morgan fingerprint density at radius 2 is 2.05 bits per heavy atom. The molecule has 2 rings (SSSR count). The molecule has 6 heteroatoms. The molecule has 2 amide bonds. The van der Waals surface area contributed by atoms with Gasteiger partial charge >= 0.3 is 0 Å². The zero-order chi connectivity index (χ0) is 13.8. The van der Waals surface area contributed by atoms with E-state index >= 15 is 0 Å². The van der Waals surface area contributed by atoms with Gasteiger partial charge < -0.3 is 14.7 Å². The molecule has 19 heavy (non-hydrogen) atoms. The van der Waals surface area contributed by atoms with Gasteiger partial charge in [0, 0.05) is 19.5 Å². The van der Waals surface area contributed by atoms with E-state index in [1.54, 1.807) is 20.2 Å². The number of nitrogens with one attached hydrogen (secondary N) is 1. The molecule has 1 N–H and O–H groups in total. The fourth-order valence-electron chi connectivity index (χ4n) is 1.61. The van der Waals surface area contributed by atoms with Gasteiger partial charge in [-0.15, -0.1) is 0 Å². The summed E-state index contributed by atoms with van der Waals surface area (Å²) < 4.78 is 5.11. The molecular formula is C13H15N3O3. The molecule has 0 aliphatic carbocycles. The predicted octanol–water partition coefficient (Wildman–Crippen LogP) is 0.575. The standard InChI is InChI=1S/C13H15N3O3/c1-16(2)13(18)8-14-12(17)7-10-9-5-3-4-6-11(9)19-15-10/h3-6H,7-8H2,1-2H3,(H,14,17). The molecule has 0 atom stereocenters. The van der Waals surface area contributed by atoms with Crippen molar-refractivity contribution < 1.29 is 14.1 Å². The largest absolute Gasteiger partial charge is 0.356 e. The first-order valence-corrected chi connectivity index (χ1v) is 5.88. The molecule has 0 spiro atoms. The lowest BCUT2D eigenvalue weighted by Crippen LogP contribution is -2.36. The van der Waals surface area contributed by atoms with E-state index in [0.717, 1.165) is 5.39 Å². The molecule has 0 radical (unpaired) electrons. The molecule has 0 bridgehead atoms. The Balaban J connectivity index is 1.97. The summed E-state index contributed by atoms with van der Waals surface area (Å²) in [7, 11) is 3.28. The van der Waals surface area contributed by atoms with Crippen LogP contribution in [0, 0.1) is 0 Å². The van der Waals surface area contributed by atoms with Gasteiger partial charge in [-0.2, -0.15) is 0 Å². The first-order chi connectivity index (χ1) is 9.08. The van der Waals surface area contributed by atoms with Crippen molar-refractivity contribution in [3.63, 3.8) is 0 Å². The lowest BCUT2D eigenvalue weighted by molar-refractivity contribution is -0.130. The fraction of sp³-hybridized carbons (Fsp3) is 0.308. The number of hydrogen-bond acceptors (Lipinski definition) is 4. The monoisotopic (exact) mass is 261 g/mol. The van der Waals surface area contributed by atoms with Gasteiger partial charge in [-0.3, -0.25) is 9.59 Å². The van der Waals surface area contributed by atoms with E-state index in [-0.39, 0.29) is 24.8 Å². The van der Waals surface area contributed by atoms with Crippen molar-refractivity contribution >= 4 is 22.8 Å². The summed E-state index contributed by atoms with van der Waals surface area (Å²) >= 11 is 0. The minimum absolute atomic E-state index is 0.0123. The molecule has 6 nitrogen and oxygen atoms in total. The van der Waals surface area contributed by atoms with Gasteiger partial charge in [-0.25, -0.2) is 0 Å². The Morgan fingerprint density at radius 1 is 1.32 bits per heavy atom. The van der Waals surface area contributed by atoms with Crippen LogP contribution in [0.4, 0.5) is 0 Å². The number of rotatable bonds is 4. The van der Waals surface area contributed by atoms with Crippen molar-refractivity contribution in [2.45, 2.75) is 6.42 Å². The highest BCUT2D eigenvalue weighted by molar-refractivity contribution is 5.88. The number of nitrogens with zero attached hydrogens (tertiary/aromatic N) is 2. The highest BCUT2D eigenvalue weighted by atomic mass is 16.5. The van der Waals surface area contributed by atoms with Crippen molar-refractivity contribution in [3.8, 4) is 0 Å². The molecule has 0 fully saturated rings. The lowest BCUT2D eigenvalue weighted by atomic mass is 10.1. The molecule has 1 aromatic heterocycles. The summed E-state index contributed by atoms with van der Waals surface area (Å²) in [6.45, 7) is -0.0123. The van der Waals surface area contributed by atoms with Gasteiger partial charge in [-0.1, -0.05) is 17.3 Å². The van der Waals surface area contributed by atoms with E-state index in [4.69, 9.17) is 4.52 Å². The second-order valence-electron chi connectivity index (χ2n) is 4.37. The number of fused-ring (bicyclic) bond motifs is 1. The molecule has 1 heterocycles. The SMILES string of the molecule is CN(C)C(=O)CNC(=O)Cc1noc2ccccc12. The molecule has 0 aliphatic rings. The third-order valence-corrected chi connectivity index (χ3v) is 2.72. The predicted molar refractivity (Wildman–Crippen MR) is 69.4 cm³/mol. The minimum atomic E-state index is -0.255. The number of para-hydroxylation sites is 1. The molecule has 0 saturated carbocycles. The Bertz CT molecular complexity index is 604. The van der Waals surface area contributed by atoms with Gasteiger partial charge in [0.05, 0.1) is 13.0 Å². The number of carbonyl (C=O) groups excluding carboxylic acids is 2. The van der Waals surface area contributed by atoms with Gasteiger partial charge in [0.25, 0.3) is 0 Å². The van der Waals surface area contributed by atoms with Crippen LogP contribution in [0.25, 0.3) is 11.0 Å². The lowest BCUT2D eigenvalue weighted by Gasteiger charge is -2.10. The van der Waals surface area contributed by atoms with Crippen LogP contribution in [0.15, 0.2) is 28.8 Å². The van der Waals surface area contributed by atoms with Gasteiger partial charge in [0.1, 0.15) is 5.69 Å². The van der Waals surface area contributed by atoms with Gasteiger partial charge in [-0.05, 0) is 12.1 Å². The third-order valence-electron chi connectivity index (χ3n) is 2.72. The number of amides is 2. The smallest absolute Gasteiger partial charge is 0.241 e. The molecule has 0 aliphatic heterocycles. The molecule has 0 saturated heterocycles. The second kappa shape index (κ2) is 5.51. The Morgan fingerprint density at radius 3 is 2.79 bits per heavy atom. The quantitative estimate of drug-likeness (QED) is 0.873. The van der Waals surface area contributed by atoms with E-state index in [9.17, 15) is 9.59 Å². The van der Waals surface area contributed by atoms with Crippen molar-refractivity contribution in [2.24, 2.45) is 0 Å². The Labute approximate surface area is 110 Å². The maximum Gasteiger partial charge on any atom is 0.241 e. The van der Waals surface area contributed by atoms with Crippen LogP contribution < -0.4 is 5.32 Å². The first kappa shape index (κ1) is 13.1. The molecular weight excluding hydrogens is 246 g/mol. The normalized spacial score (nSPS) is 10.4. The number of benzene rings is 1. The highest BCUT2D eigenvalue weighted by Gasteiger charge is 2.13. The van der Waals surface area contributed by atoms with E-state index in [1.807, 2.05) is 18.2 Å². The van der Waals surface area contributed by atoms with Crippen LogP contribution in [0.3, 0.4) is 0 Å². The maximum absolute atomic E-state index is 11.7. The van der Waals surface area contributed by atoms with Crippen LogP contribution in [0.1, 0.15) is 5.69 Å². The van der Waals surface area contributed by atoms with Crippen LogP contribution in [0.2, 0.25) is 0 Å². The molecule has 100 valence electrons. The van der Waals surface area contributed by atoms with Crippen LogP contribution in [0.5, 0.6) is 0 Å². The van der Waals surface area contributed by atoms with E-state index in [2.05, 4.69) is 10.5 Å². The number of aromatic nitrogens is 1. The third kappa shape index (κ3) is 3.09.